The third kappa shape index (κ3) is 2.36. The summed E-state index contributed by atoms with van der Waals surface area (Å²) in [6, 6.07) is 0. The van der Waals surface area contributed by atoms with Crippen LogP contribution in [0.25, 0.3) is 0 Å². The summed E-state index contributed by atoms with van der Waals surface area (Å²) in [4.78, 5) is 25.0. The molecule has 0 aromatic heterocycles. The first-order valence-electron chi connectivity index (χ1n) is 8.90. The minimum Gasteiger partial charge on any atom is -0.392 e. The second-order valence-electron chi connectivity index (χ2n) is 8.19. The second-order valence-corrected chi connectivity index (χ2v) is 8.19. The number of hydrogen-bond donors (Lipinski definition) is 1. The summed E-state index contributed by atoms with van der Waals surface area (Å²) in [5.41, 5.74) is 2.80. The van der Waals surface area contributed by atoms with Crippen molar-refractivity contribution in [3.63, 3.8) is 0 Å². The maximum Gasteiger partial charge on any atom is 0.143 e. The molecule has 3 aliphatic carbocycles. The summed E-state index contributed by atoms with van der Waals surface area (Å²) in [6.07, 6.45) is 7.86. The predicted octanol–water partition coefficient (Wildman–Crippen LogP) is 3.62. The molecule has 0 amide bonds. The van der Waals surface area contributed by atoms with Crippen LogP contribution in [0.2, 0.25) is 0 Å². The van der Waals surface area contributed by atoms with E-state index in [1.165, 1.54) is 17.4 Å². The molecule has 0 aliphatic heterocycles. The van der Waals surface area contributed by atoms with Gasteiger partial charge in [-0.1, -0.05) is 38.0 Å². The van der Waals surface area contributed by atoms with Gasteiger partial charge in [-0.25, -0.2) is 0 Å². The van der Waals surface area contributed by atoms with Crippen LogP contribution in [-0.2, 0) is 9.59 Å². The zero-order valence-electron chi connectivity index (χ0n) is 14.5. The fourth-order valence-corrected chi connectivity index (χ4v) is 5.13. The van der Waals surface area contributed by atoms with Gasteiger partial charge < -0.3 is 9.90 Å². The number of ketones is 1. The van der Waals surface area contributed by atoms with E-state index in [4.69, 9.17) is 0 Å². The number of carbonyl (C=O) groups is 2. The number of hydrogen-bond acceptors (Lipinski definition) is 3. The zero-order chi connectivity index (χ0) is 16.8. The molecule has 3 aliphatic rings. The average Bonchev–Trinajstić information content (AvgIpc) is 2.87. The highest BCUT2D eigenvalue weighted by molar-refractivity contribution is 5.89. The molecule has 3 atom stereocenters. The van der Waals surface area contributed by atoms with E-state index in [1.807, 2.05) is 0 Å². The number of allylic oxidation sites excluding steroid dienone is 3. The largest absolute Gasteiger partial charge is 0.392 e. The zero-order valence-corrected chi connectivity index (χ0v) is 14.5. The first kappa shape index (κ1) is 16.6. The van der Waals surface area contributed by atoms with Gasteiger partial charge in [-0.2, -0.15) is 0 Å². The molecule has 0 radical (unpaired) electrons. The number of fused-ring (bicyclic) bond motifs is 3. The van der Waals surface area contributed by atoms with Crippen molar-refractivity contribution in [3.05, 3.63) is 22.8 Å². The van der Waals surface area contributed by atoms with E-state index >= 15 is 0 Å². The van der Waals surface area contributed by atoms with Gasteiger partial charge in [-0.15, -0.1) is 0 Å². The smallest absolute Gasteiger partial charge is 0.143 e. The number of aldehydes is 1. The molecule has 3 heteroatoms. The van der Waals surface area contributed by atoms with E-state index in [0.29, 0.717) is 12.3 Å². The van der Waals surface area contributed by atoms with E-state index in [2.05, 4.69) is 26.8 Å². The number of carbonyl (C=O) groups excluding carboxylic acids is 2. The van der Waals surface area contributed by atoms with E-state index < -0.39 is 0 Å². The first-order chi connectivity index (χ1) is 10.9. The van der Waals surface area contributed by atoms with Gasteiger partial charge in [0.15, 0.2) is 0 Å². The summed E-state index contributed by atoms with van der Waals surface area (Å²) >= 11 is 0. The molecule has 0 saturated heterocycles. The fourth-order valence-electron chi connectivity index (χ4n) is 5.13. The van der Waals surface area contributed by atoms with E-state index in [-0.39, 0.29) is 29.1 Å². The van der Waals surface area contributed by atoms with Crippen molar-refractivity contribution in [2.75, 3.05) is 6.61 Å². The van der Waals surface area contributed by atoms with Gasteiger partial charge in [-0.05, 0) is 49.5 Å². The van der Waals surface area contributed by atoms with Gasteiger partial charge in [0.1, 0.15) is 12.1 Å². The minimum absolute atomic E-state index is 0.0382. The van der Waals surface area contributed by atoms with E-state index in [0.717, 1.165) is 37.7 Å². The summed E-state index contributed by atoms with van der Waals surface area (Å²) < 4.78 is 0. The van der Waals surface area contributed by atoms with Crippen LogP contribution in [0.15, 0.2) is 22.8 Å². The summed E-state index contributed by atoms with van der Waals surface area (Å²) in [5, 5.41) is 9.49. The molecule has 0 unspecified atom stereocenters. The van der Waals surface area contributed by atoms with Gasteiger partial charge >= 0.3 is 0 Å². The third-order valence-corrected chi connectivity index (χ3v) is 6.72. The van der Waals surface area contributed by atoms with Gasteiger partial charge in [0.2, 0.25) is 0 Å². The van der Waals surface area contributed by atoms with Crippen LogP contribution >= 0.6 is 0 Å². The van der Waals surface area contributed by atoms with Crippen LogP contribution in [0.4, 0.5) is 0 Å². The van der Waals surface area contributed by atoms with Gasteiger partial charge in [0.25, 0.3) is 0 Å². The topological polar surface area (TPSA) is 54.4 Å². The minimum atomic E-state index is -0.389. The Hall–Kier alpha value is -1.22. The molecular formula is C20H28O3. The number of aliphatic hydroxyl groups is 1. The Bertz CT molecular complexity index is 598. The average molecular weight is 316 g/mol. The highest BCUT2D eigenvalue weighted by atomic mass is 16.3. The molecule has 1 saturated carbocycles. The van der Waals surface area contributed by atoms with Crippen LogP contribution in [0.3, 0.4) is 0 Å². The fraction of sp³-hybridized carbons (Fsp3) is 0.700. The monoisotopic (exact) mass is 316 g/mol. The summed E-state index contributed by atoms with van der Waals surface area (Å²) in [7, 11) is 0. The molecule has 0 aromatic rings. The molecular weight excluding hydrogens is 288 g/mol. The van der Waals surface area contributed by atoms with Gasteiger partial charge in [0.05, 0.1) is 6.61 Å². The van der Waals surface area contributed by atoms with Crippen LogP contribution in [-0.4, -0.2) is 23.8 Å². The normalized spacial score (nSPS) is 37.3. The van der Waals surface area contributed by atoms with Crippen molar-refractivity contribution in [1.29, 1.82) is 0 Å². The lowest BCUT2D eigenvalue weighted by atomic mass is 9.54. The lowest BCUT2D eigenvalue weighted by Crippen LogP contribution is -2.46. The Kier molecular flexibility index (Phi) is 4.12. The molecule has 0 aromatic carbocycles. The lowest BCUT2D eigenvalue weighted by molar-refractivity contribution is -0.133. The Morgan fingerprint density at radius 1 is 1.35 bits per heavy atom. The standard InChI is InChI=1S/C20H28O3/c1-13(2)15-6-7-20(12-22)9-8-19(3)16(18(15)20)5-4-14(11-21)10-17(19)23/h4,12-13,16,21H,5-11H2,1-3H3/t16-,19-,20-/m0/s1. The third-order valence-electron chi connectivity index (χ3n) is 6.72. The van der Waals surface area contributed by atoms with Gasteiger partial charge in [0, 0.05) is 17.3 Å². The second kappa shape index (κ2) is 5.70. The van der Waals surface area contributed by atoms with Crippen molar-refractivity contribution in [2.45, 2.75) is 59.3 Å². The van der Waals surface area contributed by atoms with E-state index in [9.17, 15) is 14.7 Å². The molecule has 0 spiro atoms. The molecule has 1 fully saturated rings. The maximum absolute atomic E-state index is 12.9. The molecule has 23 heavy (non-hydrogen) atoms. The Balaban J connectivity index is 2.14. The molecule has 3 rings (SSSR count). The predicted molar refractivity (Wildman–Crippen MR) is 89.8 cm³/mol. The van der Waals surface area contributed by atoms with Crippen LogP contribution in [0.1, 0.15) is 59.3 Å². The Labute approximate surface area is 138 Å². The molecule has 0 bridgehead atoms. The number of rotatable bonds is 3. The summed E-state index contributed by atoms with van der Waals surface area (Å²) in [6.45, 7) is 6.45. The molecule has 126 valence electrons. The first-order valence-corrected chi connectivity index (χ1v) is 8.90. The molecule has 0 heterocycles. The molecule has 3 nitrogen and oxygen atoms in total. The van der Waals surface area contributed by atoms with Crippen molar-refractivity contribution < 1.29 is 14.7 Å². The quantitative estimate of drug-likeness (QED) is 0.639. The van der Waals surface area contributed by atoms with Crippen molar-refractivity contribution in [2.24, 2.45) is 22.7 Å². The highest BCUT2D eigenvalue weighted by Gasteiger charge is 2.56. The van der Waals surface area contributed by atoms with Crippen LogP contribution in [0, 0.1) is 22.7 Å². The van der Waals surface area contributed by atoms with E-state index in [1.54, 1.807) is 0 Å². The summed E-state index contributed by atoms with van der Waals surface area (Å²) in [5.74, 6) is 0.786. The van der Waals surface area contributed by atoms with Gasteiger partial charge in [-0.3, -0.25) is 4.79 Å². The van der Waals surface area contributed by atoms with Crippen molar-refractivity contribution in [1.82, 2.24) is 0 Å². The van der Waals surface area contributed by atoms with Crippen LogP contribution < -0.4 is 0 Å². The number of Topliss-reactive ketones (excluding diaryl/α,β-unsaturated/α-hetero) is 1. The highest BCUT2D eigenvalue weighted by Crippen LogP contribution is 2.61. The lowest BCUT2D eigenvalue weighted by Gasteiger charge is -2.48. The molecule has 1 N–H and O–H groups in total. The van der Waals surface area contributed by atoms with Crippen molar-refractivity contribution >= 4 is 12.1 Å². The maximum atomic E-state index is 12.9. The SMILES string of the molecule is CC(C)C1=C2[C@@H]3CC=C(CO)CC(=O)[C@@]3(C)CC[C@]2(C=O)CC1. The Morgan fingerprint density at radius 3 is 2.70 bits per heavy atom. The van der Waals surface area contributed by atoms with Crippen molar-refractivity contribution in [3.8, 4) is 0 Å². The number of aliphatic hydroxyl groups excluding tert-OH is 1. The Morgan fingerprint density at radius 2 is 2.09 bits per heavy atom. The van der Waals surface area contributed by atoms with Crippen LogP contribution in [0.5, 0.6) is 0 Å².